The van der Waals surface area contributed by atoms with Crippen LogP contribution in [0.15, 0.2) is 43.2 Å². The fraction of sp³-hybridized carbons (Fsp3) is 0.478. The van der Waals surface area contributed by atoms with Crippen molar-refractivity contribution in [3.8, 4) is 22.5 Å². The van der Waals surface area contributed by atoms with Crippen molar-refractivity contribution in [2.24, 2.45) is 11.8 Å². The number of aliphatic hydroxyl groups excluding tert-OH is 1. The van der Waals surface area contributed by atoms with Gasteiger partial charge in [-0.3, -0.25) is 9.36 Å². The molecule has 0 saturated heterocycles. The maximum absolute atomic E-state index is 9.23. The van der Waals surface area contributed by atoms with Gasteiger partial charge in [0, 0.05) is 42.7 Å². The van der Waals surface area contributed by atoms with Gasteiger partial charge in [-0.25, -0.2) is 4.98 Å². The average Bonchev–Trinajstić information content (AvgIpc) is 3.51. The quantitative estimate of drug-likeness (QED) is 0.428. The van der Waals surface area contributed by atoms with Crippen LogP contribution in [0.5, 0.6) is 0 Å². The van der Waals surface area contributed by atoms with Gasteiger partial charge in [0.05, 0.1) is 24.6 Å². The summed E-state index contributed by atoms with van der Waals surface area (Å²) in [5, 5.41) is 21.7. The van der Waals surface area contributed by atoms with Crippen molar-refractivity contribution in [2.75, 3.05) is 6.61 Å². The number of rotatable bonds is 8. The molecule has 0 unspecified atom stereocenters. The van der Waals surface area contributed by atoms with Gasteiger partial charge in [-0.1, -0.05) is 18.4 Å². The molecule has 0 atom stereocenters. The Morgan fingerprint density at radius 2 is 1.94 bits per heavy atom. The largest absolute Gasteiger partial charge is 0.396 e. The third-order valence-corrected chi connectivity index (χ3v) is 6.60. The predicted molar refractivity (Wildman–Crippen MR) is 117 cm³/mol. The molecule has 0 aromatic carbocycles. The van der Waals surface area contributed by atoms with Gasteiger partial charge in [0.25, 0.3) is 5.52 Å². The Bertz CT molecular complexity index is 1160. The van der Waals surface area contributed by atoms with Crippen LogP contribution < -0.4 is 4.52 Å². The van der Waals surface area contributed by atoms with Crippen LogP contribution in [0.2, 0.25) is 0 Å². The molecule has 31 heavy (non-hydrogen) atoms. The number of nitrogens with one attached hydrogen (secondary N) is 1. The van der Waals surface area contributed by atoms with Crippen LogP contribution in [0.25, 0.3) is 28.0 Å². The number of hydrogen-bond donors (Lipinski definition) is 2. The van der Waals surface area contributed by atoms with Gasteiger partial charge in [-0.2, -0.15) is 15.3 Å². The molecule has 4 aromatic rings. The number of aliphatic hydroxyl groups is 1. The molecule has 1 saturated carbocycles. The molecule has 1 aliphatic rings. The van der Waals surface area contributed by atoms with Crippen molar-refractivity contribution in [1.82, 2.24) is 29.6 Å². The Morgan fingerprint density at radius 3 is 2.71 bits per heavy atom. The highest BCUT2D eigenvalue weighted by molar-refractivity contribution is 5.74. The maximum Gasteiger partial charge on any atom is 0.263 e. The molecule has 0 spiro atoms. The summed E-state index contributed by atoms with van der Waals surface area (Å²) >= 11 is 0. The number of aromatic nitrogens is 7. The standard InChI is InChI=1S/C23H29N7O/c1-3-20(4-2)29-13-19(10-26-29)23-22-5-6-24-30(22)14-21(27-23)18-9-25-28(12-18)11-16-7-17(8-16)15-31/h5-6,9-10,12-14,16-17,20,31H,3-4,7-8,11,15H2,1-2H3/p+1. The topological polar surface area (TPSA) is 88.7 Å². The fourth-order valence-corrected chi connectivity index (χ4v) is 4.68. The molecule has 0 radical (unpaired) electrons. The van der Waals surface area contributed by atoms with Gasteiger partial charge < -0.3 is 5.11 Å². The highest BCUT2D eigenvalue weighted by atomic mass is 16.3. The Balaban J connectivity index is 1.45. The summed E-state index contributed by atoms with van der Waals surface area (Å²) < 4.78 is 6.06. The fourth-order valence-electron chi connectivity index (χ4n) is 4.68. The Kier molecular flexibility index (Phi) is 5.31. The average molecular weight is 421 g/mol. The van der Waals surface area contributed by atoms with E-state index in [1.165, 1.54) is 0 Å². The van der Waals surface area contributed by atoms with E-state index in [4.69, 9.17) is 4.98 Å². The number of fused-ring (bicyclic) bond motifs is 1. The van der Waals surface area contributed by atoms with Crippen LogP contribution in [-0.2, 0) is 6.54 Å². The van der Waals surface area contributed by atoms with Gasteiger partial charge in [0.1, 0.15) is 11.4 Å². The zero-order chi connectivity index (χ0) is 21.4. The van der Waals surface area contributed by atoms with E-state index in [-0.39, 0.29) is 0 Å². The lowest BCUT2D eigenvalue weighted by Crippen LogP contribution is -2.29. The predicted octanol–water partition coefficient (Wildman–Crippen LogP) is 3.26. The number of H-pyrrole nitrogens is 1. The van der Waals surface area contributed by atoms with Crippen LogP contribution in [-0.4, -0.2) is 41.4 Å². The first-order chi connectivity index (χ1) is 15.2. The van der Waals surface area contributed by atoms with Crippen LogP contribution >= 0.6 is 0 Å². The van der Waals surface area contributed by atoms with Gasteiger partial charge in [-0.15, -0.1) is 0 Å². The Labute approximate surface area is 181 Å². The molecule has 1 fully saturated rings. The van der Waals surface area contributed by atoms with E-state index in [0.29, 0.717) is 24.5 Å². The van der Waals surface area contributed by atoms with Crippen LogP contribution in [0.1, 0.15) is 45.6 Å². The van der Waals surface area contributed by atoms with Gasteiger partial charge in [-0.05, 0) is 37.5 Å². The van der Waals surface area contributed by atoms with Crippen molar-refractivity contribution in [2.45, 2.75) is 52.1 Å². The molecule has 4 aromatic heterocycles. The first-order valence-electron chi connectivity index (χ1n) is 11.3. The van der Waals surface area contributed by atoms with E-state index in [2.05, 4.69) is 46.2 Å². The van der Waals surface area contributed by atoms with E-state index >= 15 is 0 Å². The van der Waals surface area contributed by atoms with E-state index in [1.807, 2.05) is 40.1 Å². The number of hydrogen-bond acceptors (Lipinski definition) is 4. The minimum Gasteiger partial charge on any atom is -0.396 e. The lowest BCUT2D eigenvalue weighted by molar-refractivity contribution is -0.576. The highest BCUT2D eigenvalue weighted by Gasteiger charge is 2.29. The first-order valence-corrected chi connectivity index (χ1v) is 11.3. The SMILES string of the molecule is CCC(CC)n1cc(-c2nc(-c3cnn(CC4CC(CO)C4)c3)c[n+]3[nH]ccc23)cn1. The van der Waals surface area contributed by atoms with E-state index in [0.717, 1.165) is 60.3 Å². The maximum atomic E-state index is 9.23. The molecule has 5 rings (SSSR count). The number of nitrogens with zero attached hydrogens (tertiary/aromatic N) is 6. The molecule has 0 aliphatic heterocycles. The smallest absolute Gasteiger partial charge is 0.263 e. The molecule has 8 nitrogen and oxygen atoms in total. The molecule has 4 heterocycles. The van der Waals surface area contributed by atoms with Crippen LogP contribution in [0.3, 0.4) is 0 Å². The van der Waals surface area contributed by atoms with Gasteiger partial charge >= 0.3 is 0 Å². The minimum absolute atomic E-state index is 0.300. The molecule has 2 N–H and O–H groups in total. The molecule has 162 valence electrons. The molecule has 1 aliphatic carbocycles. The summed E-state index contributed by atoms with van der Waals surface area (Å²) in [7, 11) is 0. The van der Waals surface area contributed by atoms with E-state index in [9.17, 15) is 5.11 Å². The summed E-state index contributed by atoms with van der Waals surface area (Å²) in [5.74, 6) is 1.07. The normalized spacial score (nSPS) is 18.7. The van der Waals surface area contributed by atoms with Crippen molar-refractivity contribution in [1.29, 1.82) is 0 Å². The third-order valence-electron chi connectivity index (χ3n) is 6.60. The van der Waals surface area contributed by atoms with Crippen molar-refractivity contribution in [3.63, 3.8) is 0 Å². The summed E-state index contributed by atoms with van der Waals surface area (Å²) in [6.45, 7) is 5.58. The van der Waals surface area contributed by atoms with E-state index in [1.54, 1.807) is 0 Å². The second kappa shape index (κ2) is 8.26. The van der Waals surface area contributed by atoms with Crippen LogP contribution in [0, 0.1) is 11.8 Å². The second-order valence-electron chi connectivity index (χ2n) is 8.71. The van der Waals surface area contributed by atoms with Crippen molar-refractivity contribution in [3.05, 3.63) is 43.2 Å². The molecule has 8 heteroatoms. The Hall–Kier alpha value is -3.00. The zero-order valence-corrected chi connectivity index (χ0v) is 18.1. The lowest BCUT2D eigenvalue weighted by atomic mass is 9.75. The van der Waals surface area contributed by atoms with Crippen molar-refractivity contribution < 1.29 is 9.62 Å². The summed E-state index contributed by atoms with van der Waals surface area (Å²) in [5.41, 5.74) is 4.81. The lowest BCUT2D eigenvalue weighted by Gasteiger charge is -2.33. The van der Waals surface area contributed by atoms with Gasteiger partial charge in [0.2, 0.25) is 6.20 Å². The summed E-state index contributed by atoms with van der Waals surface area (Å²) in [6, 6.07) is 2.44. The molecular weight excluding hydrogens is 390 g/mol. The number of aromatic amines is 1. The van der Waals surface area contributed by atoms with E-state index < -0.39 is 0 Å². The van der Waals surface area contributed by atoms with Gasteiger partial charge in [0.15, 0.2) is 0 Å². The molecular formula is C23H30N7O+. The molecule has 0 bridgehead atoms. The molecule has 0 amide bonds. The third kappa shape index (κ3) is 3.76. The summed E-state index contributed by atoms with van der Waals surface area (Å²) in [4.78, 5) is 5.01. The first kappa shape index (κ1) is 19.9. The Morgan fingerprint density at radius 1 is 1.13 bits per heavy atom. The monoisotopic (exact) mass is 420 g/mol. The second-order valence-corrected chi connectivity index (χ2v) is 8.71. The summed E-state index contributed by atoms with van der Waals surface area (Å²) in [6.07, 6.45) is 16.2. The van der Waals surface area contributed by atoms with Crippen molar-refractivity contribution >= 4 is 5.52 Å². The van der Waals surface area contributed by atoms with Crippen LogP contribution in [0.4, 0.5) is 0 Å². The minimum atomic E-state index is 0.300. The highest BCUT2D eigenvalue weighted by Crippen LogP contribution is 2.34. The zero-order valence-electron chi connectivity index (χ0n) is 18.1.